The van der Waals surface area contributed by atoms with Gasteiger partial charge in [0.15, 0.2) is 17.5 Å². The van der Waals surface area contributed by atoms with Gasteiger partial charge in [0.1, 0.15) is 0 Å². The SMILES string of the molecule is CCC(CN)c1nc(-c2cc(F)c(F)c(F)c2)no1. The molecule has 1 aromatic heterocycles. The van der Waals surface area contributed by atoms with Crippen molar-refractivity contribution < 1.29 is 17.7 Å². The van der Waals surface area contributed by atoms with E-state index in [2.05, 4.69) is 10.1 Å². The van der Waals surface area contributed by atoms with Crippen LogP contribution in [-0.4, -0.2) is 16.7 Å². The van der Waals surface area contributed by atoms with Gasteiger partial charge in [-0.2, -0.15) is 4.98 Å². The van der Waals surface area contributed by atoms with Crippen molar-refractivity contribution in [3.05, 3.63) is 35.5 Å². The van der Waals surface area contributed by atoms with E-state index in [0.717, 1.165) is 12.1 Å². The number of nitrogens with zero attached hydrogens (tertiary/aromatic N) is 2. The molecule has 4 nitrogen and oxygen atoms in total. The fourth-order valence-electron chi connectivity index (χ4n) is 1.64. The van der Waals surface area contributed by atoms with Gasteiger partial charge < -0.3 is 10.3 Å². The van der Waals surface area contributed by atoms with E-state index in [9.17, 15) is 13.2 Å². The van der Waals surface area contributed by atoms with Crippen molar-refractivity contribution in [1.29, 1.82) is 0 Å². The van der Waals surface area contributed by atoms with E-state index < -0.39 is 17.5 Å². The Kier molecular flexibility index (Phi) is 3.84. The van der Waals surface area contributed by atoms with E-state index in [1.165, 1.54) is 0 Å². The fraction of sp³-hybridized carbons (Fsp3) is 0.333. The molecule has 1 atom stereocenters. The van der Waals surface area contributed by atoms with Crippen molar-refractivity contribution in [2.45, 2.75) is 19.3 Å². The molecule has 0 spiro atoms. The van der Waals surface area contributed by atoms with Gasteiger partial charge in [0, 0.05) is 12.1 Å². The molecule has 2 aromatic rings. The maximum Gasteiger partial charge on any atom is 0.231 e. The molecule has 1 heterocycles. The molecule has 0 saturated heterocycles. The number of hydrogen-bond acceptors (Lipinski definition) is 4. The molecule has 0 aliphatic rings. The van der Waals surface area contributed by atoms with Crippen molar-refractivity contribution >= 4 is 0 Å². The molecule has 19 heavy (non-hydrogen) atoms. The molecular weight excluding hydrogens is 259 g/mol. The van der Waals surface area contributed by atoms with Gasteiger partial charge in [-0.1, -0.05) is 12.1 Å². The smallest absolute Gasteiger partial charge is 0.231 e. The van der Waals surface area contributed by atoms with Gasteiger partial charge in [0.2, 0.25) is 11.7 Å². The number of aromatic nitrogens is 2. The molecule has 0 fully saturated rings. The second kappa shape index (κ2) is 5.40. The van der Waals surface area contributed by atoms with Crippen LogP contribution in [-0.2, 0) is 0 Å². The highest BCUT2D eigenvalue weighted by Gasteiger charge is 2.19. The van der Waals surface area contributed by atoms with Gasteiger partial charge >= 0.3 is 0 Å². The number of benzene rings is 1. The van der Waals surface area contributed by atoms with Gasteiger partial charge in [-0.3, -0.25) is 0 Å². The zero-order valence-corrected chi connectivity index (χ0v) is 10.2. The van der Waals surface area contributed by atoms with Crippen molar-refractivity contribution in [1.82, 2.24) is 10.1 Å². The maximum absolute atomic E-state index is 13.1. The first kappa shape index (κ1) is 13.5. The second-order valence-corrected chi connectivity index (χ2v) is 4.05. The highest BCUT2D eigenvalue weighted by molar-refractivity contribution is 5.54. The summed E-state index contributed by atoms with van der Waals surface area (Å²) in [7, 11) is 0. The first-order valence-corrected chi connectivity index (χ1v) is 5.75. The second-order valence-electron chi connectivity index (χ2n) is 4.05. The zero-order chi connectivity index (χ0) is 14.0. The Morgan fingerprint density at radius 3 is 2.42 bits per heavy atom. The fourth-order valence-corrected chi connectivity index (χ4v) is 1.64. The molecule has 102 valence electrons. The monoisotopic (exact) mass is 271 g/mol. The van der Waals surface area contributed by atoms with Crippen LogP contribution in [0.15, 0.2) is 16.7 Å². The van der Waals surface area contributed by atoms with E-state index in [-0.39, 0.29) is 17.3 Å². The molecule has 1 unspecified atom stereocenters. The predicted molar refractivity (Wildman–Crippen MR) is 61.7 cm³/mol. The number of hydrogen-bond donors (Lipinski definition) is 1. The third-order valence-corrected chi connectivity index (χ3v) is 2.81. The topological polar surface area (TPSA) is 64.9 Å². The average Bonchev–Trinajstić information content (AvgIpc) is 2.86. The largest absolute Gasteiger partial charge is 0.339 e. The summed E-state index contributed by atoms with van der Waals surface area (Å²) in [5.74, 6) is -3.94. The van der Waals surface area contributed by atoms with Crippen molar-refractivity contribution in [3.63, 3.8) is 0 Å². The maximum atomic E-state index is 13.1. The van der Waals surface area contributed by atoms with Crippen LogP contribution in [0.25, 0.3) is 11.4 Å². The molecule has 0 aliphatic carbocycles. The van der Waals surface area contributed by atoms with Crippen LogP contribution in [0, 0.1) is 17.5 Å². The molecule has 0 saturated carbocycles. The summed E-state index contributed by atoms with van der Waals surface area (Å²) in [6.07, 6.45) is 0.699. The first-order valence-electron chi connectivity index (χ1n) is 5.75. The molecule has 2 rings (SSSR count). The summed E-state index contributed by atoms with van der Waals surface area (Å²) < 4.78 is 44.0. The molecule has 7 heteroatoms. The Bertz CT molecular complexity index is 558. The summed E-state index contributed by atoms with van der Waals surface area (Å²) >= 11 is 0. The van der Waals surface area contributed by atoms with Crippen LogP contribution in [0.2, 0.25) is 0 Å². The number of rotatable bonds is 4. The molecule has 0 bridgehead atoms. The zero-order valence-electron chi connectivity index (χ0n) is 10.2. The van der Waals surface area contributed by atoms with E-state index in [1.54, 1.807) is 0 Å². The Labute approximate surface area is 107 Å². The van der Waals surface area contributed by atoms with Crippen molar-refractivity contribution in [2.75, 3.05) is 6.54 Å². The third kappa shape index (κ3) is 2.60. The highest BCUT2D eigenvalue weighted by Crippen LogP contribution is 2.24. The third-order valence-electron chi connectivity index (χ3n) is 2.81. The Morgan fingerprint density at radius 2 is 1.89 bits per heavy atom. The predicted octanol–water partition coefficient (Wildman–Crippen LogP) is 2.61. The van der Waals surface area contributed by atoms with Gasteiger partial charge in [0.05, 0.1) is 5.92 Å². The molecule has 0 radical (unpaired) electrons. The van der Waals surface area contributed by atoms with Gasteiger partial charge in [-0.25, -0.2) is 13.2 Å². The van der Waals surface area contributed by atoms with Crippen LogP contribution in [0.3, 0.4) is 0 Å². The number of halogens is 3. The Balaban J connectivity index is 2.38. The summed E-state index contributed by atoms with van der Waals surface area (Å²) in [5.41, 5.74) is 5.55. The minimum absolute atomic E-state index is 0.000278. The van der Waals surface area contributed by atoms with Crippen LogP contribution < -0.4 is 5.73 Å². The summed E-state index contributed by atoms with van der Waals surface area (Å²) in [5, 5.41) is 3.62. The Hall–Kier alpha value is -1.89. The molecule has 0 aliphatic heterocycles. The minimum atomic E-state index is -1.53. The van der Waals surface area contributed by atoms with E-state index in [0.29, 0.717) is 18.9 Å². The van der Waals surface area contributed by atoms with E-state index in [1.807, 2.05) is 6.92 Å². The van der Waals surface area contributed by atoms with Gasteiger partial charge in [-0.05, 0) is 18.6 Å². The lowest BCUT2D eigenvalue weighted by Crippen LogP contribution is -2.11. The molecule has 1 aromatic carbocycles. The lowest BCUT2D eigenvalue weighted by molar-refractivity contribution is 0.351. The molecule has 2 N–H and O–H groups in total. The Morgan fingerprint density at radius 1 is 1.26 bits per heavy atom. The highest BCUT2D eigenvalue weighted by atomic mass is 19.2. The lowest BCUT2D eigenvalue weighted by Gasteiger charge is -2.04. The normalized spacial score (nSPS) is 12.7. The van der Waals surface area contributed by atoms with Crippen molar-refractivity contribution in [2.24, 2.45) is 5.73 Å². The summed E-state index contributed by atoms with van der Waals surface area (Å²) in [6.45, 7) is 2.23. The van der Waals surface area contributed by atoms with Crippen LogP contribution >= 0.6 is 0 Å². The van der Waals surface area contributed by atoms with Crippen LogP contribution in [0.4, 0.5) is 13.2 Å². The van der Waals surface area contributed by atoms with Gasteiger partial charge in [0.25, 0.3) is 0 Å². The quantitative estimate of drug-likeness (QED) is 0.868. The lowest BCUT2D eigenvalue weighted by atomic mass is 10.1. The summed E-state index contributed by atoms with van der Waals surface area (Å²) in [4.78, 5) is 4.02. The molecule has 0 amide bonds. The molecular formula is C12H12F3N3O. The van der Waals surface area contributed by atoms with Gasteiger partial charge in [-0.15, -0.1) is 0 Å². The van der Waals surface area contributed by atoms with Crippen molar-refractivity contribution in [3.8, 4) is 11.4 Å². The van der Waals surface area contributed by atoms with E-state index >= 15 is 0 Å². The summed E-state index contributed by atoms with van der Waals surface area (Å²) in [6, 6.07) is 1.63. The standard InChI is InChI=1S/C12H12F3N3O/c1-2-6(5-16)12-17-11(18-19-12)7-3-8(13)10(15)9(14)4-7/h3-4,6H,2,5,16H2,1H3. The van der Waals surface area contributed by atoms with Crippen LogP contribution in [0.5, 0.6) is 0 Å². The minimum Gasteiger partial charge on any atom is -0.339 e. The van der Waals surface area contributed by atoms with Crippen LogP contribution in [0.1, 0.15) is 25.2 Å². The first-order chi connectivity index (χ1) is 9.06. The average molecular weight is 271 g/mol. The van der Waals surface area contributed by atoms with E-state index in [4.69, 9.17) is 10.3 Å². The number of nitrogens with two attached hydrogens (primary N) is 1.